The summed E-state index contributed by atoms with van der Waals surface area (Å²) >= 11 is 6.60. The highest BCUT2D eigenvalue weighted by molar-refractivity contribution is 6.33. The lowest BCUT2D eigenvalue weighted by Gasteiger charge is -2.31. The van der Waals surface area contributed by atoms with Crippen LogP contribution in [0.5, 0.6) is 11.5 Å². The van der Waals surface area contributed by atoms with Gasteiger partial charge in [-0.05, 0) is 48.4 Å². The Kier molecular flexibility index (Phi) is 5.27. The van der Waals surface area contributed by atoms with E-state index in [9.17, 15) is 4.79 Å². The van der Waals surface area contributed by atoms with Crippen molar-refractivity contribution in [3.63, 3.8) is 0 Å². The number of halogens is 1. The van der Waals surface area contributed by atoms with Crippen molar-refractivity contribution in [1.29, 1.82) is 0 Å². The van der Waals surface area contributed by atoms with E-state index < -0.39 is 0 Å². The molecule has 0 amide bonds. The number of aryl methyl sites for hydroxylation is 1. The SMILES string of the molecule is COc1ccc(N2COc3c(Cl)cc4c(C)c(Cc5ccccc5)c(=O)oc4c3C2)cc1. The van der Waals surface area contributed by atoms with Crippen LogP contribution in [0.15, 0.2) is 69.9 Å². The highest BCUT2D eigenvalue weighted by Crippen LogP contribution is 2.40. The van der Waals surface area contributed by atoms with Gasteiger partial charge in [-0.1, -0.05) is 41.9 Å². The molecule has 1 aliphatic rings. The van der Waals surface area contributed by atoms with E-state index in [1.54, 1.807) is 7.11 Å². The molecular weight excluding hydrogens is 426 g/mol. The van der Waals surface area contributed by atoms with E-state index in [1.807, 2.05) is 67.6 Å². The summed E-state index contributed by atoms with van der Waals surface area (Å²) < 4.78 is 17.1. The second-order valence-corrected chi connectivity index (χ2v) is 8.27. The fourth-order valence-corrected chi connectivity index (χ4v) is 4.45. The molecule has 0 saturated carbocycles. The molecule has 0 saturated heterocycles. The van der Waals surface area contributed by atoms with Crippen molar-refractivity contribution >= 4 is 28.3 Å². The first-order chi connectivity index (χ1) is 15.5. The summed E-state index contributed by atoms with van der Waals surface area (Å²) in [7, 11) is 1.64. The Morgan fingerprint density at radius 2 is 1.84 bits per heavy atom. The molecule has 1 aromatic heterocycles. The van der Waals surface area contributed by atoms with Crippen LogP contribution in [0, 0.1) is 6.92 Å². The van der Waals surface area contributed by atoms with Crippen LogP contribution in [0.25, 0.3) is 11.0 Å². The molecule has 0 aliphatic carbocycles. The first kappa shape index (κ1) is 20.5. The molecule has 32 heavy (non-hydrogen) atoms. The quantitative estimate of drug-likeness (QED) is 0.375. The minimum absolute atomic E-state index is 0.329. The number of fused-ring (bicyclic) bond motifs is 3. The van der Waals surface area contributed by atoms with Crippen molar-refractivity contribution < 1.29 is 13.9 Å². The van der Waals surface area contributed by atoms with E-state index in [2.05, 4.69) is 4.90 Å². The highest BCUT2D eigenvalue weighted by Gasteiger charge is 2.26. The van der Waals surface area contributed by atoms with Crippen molar-refractivity contribution in [2.75, 3.05) is 18.7 Å². The van der Waals surface area contributed by atoms with Gasteiger partial charge < -0.3 is 18.8 Å². The van der Waals surface area contributed by atoms with Gasteiger partial charge >= 0.3 is 5.63 Å². The maximum absolute atomic E-state index is 13.0. The molecule has 162 valence electrons. The van der Waals surface area contributed by atoms with Crippen LogP contribution in [0.3, 0.4) is 0 Å². The molecule has 0 atom stereocenters. The number of nitrogens with zero attached hydrogens (tertiary/aromatic N) is 1. The van der Waals surface area contributed by atoms with Crippen LogP contribution >= 0.6 is 11.6 Å². The molecule has 0 spiro atoms. The van der Waals surface area contributed by atoms with E-state index in [4.69, 9.17) is 25.5 Å². The molecule has 0 fully saturated rings. The van der Waals surface area contributed by atoms with Gasteiger partial charge in [0.2, 0.25) is 0 Å². The summed E-state index contributed by atoms with van der Waals surface area (Å²) in [5.41, 5.74) is 4.53. The summed E-state index contributed by atoms with van der Waals surface area (Å²) in [6.45, 7) is 2.81. The van der Waals surface area contributed by atoms with Crippen LogP contribution in [0.2, 0.25) is 5.02 Å². The second kappa shape index (κ2) is 8.24. The van der Waals surface area contributed by atoms with Crippen LogP contribution in [0.4, 0.5) is 5.69 Å². The van der Waals surface area contributed by atoms with E-state index in [0.717, 1.165) is 33.5 Å². The van der Waals surface area contributed by atoms with Gasteiger partial charge in [0.15, 0.2) is 6.73 Å². The van der Waals surface area contributed by atoms with Crippen molar-refractivity contribution in [2.24, 2.45) is 0 Å². The standard InChI is InChI=1S/C26H22ClNO4/c1-16-20-13-23(27)25-22(14-28(15-31-25)18-8-10-19(30-2)11-9-18)24(20)32-26(29)21(16)12-17-6-4-3-5-7-17/h3-11,13H,12,14-15H2,1-2H3. The second-order valence-electron chi connectivity index (χ2n) is 7.87. The van der Waals surface area contributed by atoms with Crippen molar-refractivity contribution in [3.05, 3.63) is 98.4 Å². The monoisotopic (exact) mass is 447 g/mol. The molecule has 0 radical (unpaired) electrons. The van der Waals surface area contributed by atoms with Crippen molar-refractivity contribution in [3.8, 4) is 11.5 Å². The first-order valence-electron chi connectivity index (χ1n) is 10.4. The van der Waals surface area contributed by atoms with E-state index in [0.29, 0.717) is 41.6 Å². The summed E-state index contributed by atoms with van der Waals surface area (Å²) in [6.07, 6.45) is 0.508. The third-order valence-electron chi connectivity index (χ3n) is 5.95. The molecule has 2 heterocycles. The van der Waals surface area contributed by atoms with Crippen LogP contribution in [-0.4, -0.2) is 13.8 Å². The number of methoxy groups -OCH3 is 1. The van der Waals surface area contributed by atoms with Gasteiger partial charge in [0, 0.05) is 23.1 Å². The van der Waals surface area contributed by atoms with Gasteiger partial charge in [0.1, 0.15) is 17.1 Å². The topological polar surface area (TPSA) is 51.9 Å². The Morgan fingerprint density at radius 3 is 2.56 bits per heavy atom. The van der Waals surface area contributed by atoms with Crippen LogP contribution in [-0.2, 0) is 13.0 Å². The van der Waals surface area contributed by atoms with Crippen molar-refractivity contribution in [1.82, 2.24) is 0 Å². The minimum atomic E-state index is -0.329. The number of hydrogen-bond acceptors (Lipinski definition) is 5. The van der Waals surface area contributed by atoms with Crippen LogP contribution < -0.4 is 20.0 Å². The average molecular weight is 448 g/mol. The van der Waals surface area contributed by atoms with Crippen molar-refractivity contribution in [2.45, 2.75) is 19.9 Å². The fourth-order valence-electron chi connectivity index (χ4n) is 4.17. The zero-order valence-electron chi connectivity index (χ0n) is 17.9. The minimum Gasteiger partial charge on any atom is -0.497 e. The molecule has 4 aromatic rings. The molecule has 6 heteroatoms. The number of benzene rings is 3. The number of rotatable bonds is 4. The molecule has 1 aliphatic heterocycles. The predicted octanol–water partition coefficient (Wildman–Crippen LogP) is 5.71. The lowest BCUT2D eigenvalue weighted by molar-refractivity contribution is 0.289. The Hall–Kier alpha value is -3.44. The summed E-state index contributed by atoms with van der Waals surface area (Å²) in [6, 6.07) is 19.5. The fraction of sp³-hybridized carbons (Fsp3) is 0.192. The molecular formula is C26H22ClNO4. The third-order valence-corrected chi connectivity index (χ3v) is 6.23. The lowest BCUT2D eigenvalue weighted by atomic mass is 9.97. The van der Waals surface area contributed by atoms with Gasteiger partial charge in [-0.25, -0.2) is 4.79 Å². The summed E-state index contributed by atoms with van der Waals surface area (Å²) in [5, 5.41) is 1.35. The Morgan fingerprint density at radius 1 is 1.09 bits per heavy atom. The van der Waals surface area contributed by atoms with Gasteiger partial charge in [-0.15, -0.1) is 0 Å². The number of ether oxygens (including phenoxy) is 2. The largest absolute Gasteiger partial charge is 0.497 e. The maximum Gasteiger partial charge on any atom is 0.340 e. The van der Waals surface area contributed by atoms with Crippen LogP contribution in [0.1, 0.15) is 22.3 Å². The first-order valence-corrected chi connectivity index (χ1v) is 10.8. The number of anilines is 1. The van der Waals surface area contributed by atoms with Gasteiger partial charge in [-0.2, -0.15) is 0 Å². The molecule has 0 N–H and O–H groups in total. The van der Waals surface area contributed by atoms with E-state index in [-0.39, 0.29) is 5.63 Å². The zero-order chi connectivity index (χ0) is 22.2. The summed E-state index contributed by atoms with van der Waals surface area (Å²) in [5.74, 6) is 1.36. The Bertz CT molecular complexity index is 1350. The van der Waals surface area contributed by atoms with Gasteiger partial charge in [0.05, 0.1) is 24.2 Å². The lowest BCUT2D eigenvalue weighted by Crippen LogP contribution is -2.32. The normalized spacial score (nSPS) is 13.0. The number of hydrogen-bond donors (Lipinski definition) is 0. The van der Waals surface area contributed by atoms with Gasteiger partial charge in [0.25, 0.3) is 0 Å². The summed E-state index contributed by atoms with van der Waals surface area (Å²) in [4.78, 5) is 15.0. The molecule has 3 aromatic carbocycles. The Labute approximate surface area is 190 Å². The third kappa shape index (κ3) is 3.59. The molecule has 0 unspecified atom stereocenters. The zero-order valence-corrected chi connectivity index (χ0v) is 18.6. The van der Waals surface area contributed by atoms with E-state index in [1.165, 1.54) is 0 Å². The average Bonchev–Trinajstić information content (AvgIpc) is 2.83. The van der Waals surface area contributed by atoms with Gasteiger partial charge in [-0.3, -0.25) is 0 Å². The Balaban J connectivity index is 1.59. The predicted molar refractivity (Wildman–Crippen MR) is 126 cm³/mol. The molecule has 5 rings (SSSR count). The highest BCUT2D eigenvalue weighted by atomic mass is 35.5. The van der Waals surface area contributed by atoms with E-state index >= 15 is 0 Å². The maximum atomic E-state index is 13.0. The molecule has 5 nitrogen and oxygen atoms in total. The molecule has 0 bridgehead atoms. The smallest absolute Gasteiger partial charge is 0.340 e.